The summed E-state index contributed by atoms with van der Waals surface area (Å²) in [6, 6.07) is 0. The molecular formula is C15H21N7O2. The van der Waals surface area contributed by atoms with Crippen LogP contribution in [0.5, 0.6) is 0 Å². The Hall–Kier alpha value is -2.26. The van der Waals surface area contributed by atoms with E-state index >= 15 is 0 Å². The minimum absolute atomic E-state index is 0.0797. The minimum Gasteiger partial charge on any atom is -0.366 e. The van der Waals surface area contributed by atoms with Gasteiger partial charge in [-0.2, -0.15) is 5.10 Å². The third-order valence-electron chi connectivity index (χ3n) is 4.60. The predicted molar refractivity (Wildman–Crippen MR) is 87.7 cm³/mol. The van der Waals surface area contributed by atoms with Gasteiger partial charge in [0.15, 0.2) is 5.65 Å². The van der Waals surface area contributed by atoms with Crippen molar-refractivity contribution >= 4 is 22.8 Å². The van der Waals surface area contributed by atoms with Gasteiger partial charge in [0.2, 0.25) is 0 Å². The molecule has 1 amide bonds. The number of piperazine rings is 1. The number of aryl methyl sites for hydroxylation is 1. The molecule has 4 heterocycles. The van der Waals surface area contributed by atoms with Crippen LogP contribution < -0.4 is 10.2 Å². The Balaban J connectivity index is 1.44. The Bertz CT molecular complexity index is 732. The summed E-state index contributed by atoms with van der Waals surface area (Å²) in [7, 11) is 1.87. The van der Waals surface area contributed by atoms with Gasteiger partial charge < -0.3 is 19.9 Å². The molecule has 2 aromatic rings. The lowest BCUT2D eigenvalue weighted by Crippen LogP contribution is -2.55. The average molecular weight is 331 g/mol. The van der Waals surface area contributed by atoms with Crippen LogP contribution in [0.25, 0.3) is 11.0 Å². The number of nitrogens with one attached hydrogen (secondary N) is 1. The number of aromatic nitrogens is 4. The van der Waals surface area contributed by atoms with Crippen molar-refractivity contribution in [1.82, 2.24) is 30.0 Å². The van der Waals surface area contributed by atoms with Gasteiger partial charge in [-0.25, -0.2) is 9.97 Å². The lowest BCUT2D eigenvalue weighted by atomic mass is 10.2. The molecule has 1 atom stereocenters. The molecule has 0 saturated carbocycles. The molecule has 0 aromatic carbocycles. The number of carbonyl (C=O) groups is 1. The van der Waals surface area contributed by atoms with Gasteiger partial charge in [0.1, 0.15) is 18.2 Å². The van der Waals surface area contributed by atoms with E-state index in [2.05, 4.69) is 25.3 Å². The van der Waals surface area contributed by atoms with E-state index in [1.807, 2.05) is 11.9 Å². The number of anilines is 1. The van der Waals surface area contributed by atoms with E-state index < -0.39 is 0 Å². The van der Waals surface area contributed by atoms with Crippen LogP contribution in [0.1, 0.15) is 0 Å². The van der Waals surface area contributed by atoms with E-state index in [1.165, 1.54) is 0 Å². The van der Waals surface area contributed by atoms with Gasteiger partial charge in [-0.15, -0.1) is 0 Å². The summed E-state index contributed by atoms with van der Waals surface area (Å²) in [4.78, 5) is 25.3. The monoisotopic (exact) mass is 331 g/mol. The third kappa shape index (κ3) is 2.69. The fourth-order valence-electron chi connectivity index (χ4n) is 3.27. The van der Waals surface area contributed by atoms with Gasteiger partial charge in [-0.05, 0) is 0 Å². The van der Waals surface area contributed by atoms with Crippen LogP contribution in [0.4, 0.5) is 5.82 Å². The number of hydrogen-bond acceptors (Lipinski definition) is 7. The molecule has 9 nitrogen and oxygen atoms in total. The Labute approximate surface area is 139 Å². The molecule has 0 spiro atoms. The van der Waals surface area contributed by atoms with E-state index in [9.17, 15) is 4.79 Å². The van der Waals surface area contributed by atoms with E-state index in [-0.39, 0.29) is 12.0 Å². The first kappa shape index (κ1) is 15.3. The highest BCUT2D eigenvalue weighted by atomic mass is 16.5. The number of rotatable bonds is 2. The topological polar surface area (TPSA) is 88.4 Å². The summed E-state index contributed by atoms with van der Waals surface area (Å²) in [5.74, 6) is 0.965. The van der Waals surface area contributed by atoms with E-state index in [0.29, 0.717) is 26.2 Å². The fraction of sp³-hybridized carbons (Fsp3) is 0.600. The maximum atomic E-state index is 12.5. The molecule has 9 heteroatoms. The first-order valence-electron chi connectivity index (χ1n) is 8.23. The average Bonchev–Trinajstić information content (AvgIpc) is 3.03. The van der Waals surface area contributed by atoms with Gasteiger partial charge in [-0.1, -0.05) is 0 Å². The summed E-state index contributed by atoms with van der Waals surface area (Å²) >= 11 is 0. The van der Waals surface area contributed by atoms with Crippen LogP contribution in [0.15, 0.2) is 12.5 Å². The summed E-state index contributed by atoms with van der Waals surface area (Å²) in [6.07, 6.45) is 3.01. The summed E-state index contributed by atoms with van der Waals surface area (Å²) in [5.41, 5.74) is 0.820. The quantitative estimate of drug-likeness (QED) is 0.755. The van der Waals surface area contributed by atoms with Crippen LogP contribution in [0, 0.1) is 0 Å². The SMILES string of the molecule is Cn1ncc2c(N3CCN(C(=O)C4CNCCO4)CC3)ncnc21. The molecule has 2 fully saturated rings. The molecule has 2 aliphatic rings. The number of nitrogens with zero attached hydrogens (tertiary/aromatic N) is 6. The van der Waals surface area contributed by atoms with Gasteiger partial charge >= 0.3 is 0 Å². The molecule has 0 radical (unpaired) electrons. The van der Waals surface area contributed by atoms with Crippen LogP contribution in [0.3, 0.4) is 0 Å². The highest BCUT2D eigenvalue weighted by Gasteiger charge is 2.30. The van der Waals surface area contributed by atoms with Gasteiger partial charge in [-0.3, -0.25) is 9.48 Å². The largest absolute Gasteiger partial charge is 0.366 e. The van der Waals surface area contributed by atoms with Gasteiger partial charge in [0, 0.05) is 46.3 Å². The maximum Gasteiger partial charge on any atom is 0.253 e. The molecule has 0 aliphatic carbocycles. The molecule has 2 aliphatic heterocycles. The summed E-state index contributed by atoms with van der Waals surface area (Å²) < 4.78 is 7.31. The van der Waals surface area contributed by atoms with Crippen LogP contribution in [-0.4, -0.2) is 82.5 Å². The van der Waals surface area contributed by atoms with E-state index in [0.717, 1.165) is 36.5 Å². The zero-order valence-electron chi connectivity index (χ0n) is 13.7. The van der Waals surface area contributed by atoms with Crippen molar-refractivity contribution in [2.45, 2.75) is 6.10 Å². The predicted octanol–water partition coefficient (Wildman–Crippen LogP) is -1.000. The van der Waals surface area contributed by atoms with Crippen molar-refractivity contribution in [2.24, 2.45) is 7.05 Å². The van der Waals surface area contributed by atoms with Crippen molar-refractivity contribution in [3.05, 3.63) is 12.5 Å². The molecule has 128 valence electrons. The van der Waals surface area contributed by atoms with Crippen molar-refractivity contribution < 1.29 is 9.53 Å². The molecule has 4 rings (SSSR count). The van der Waals surface area contributed by atoms with Crippen LogP contribution in [0.2, 0.25) is 0 Å². The zero-order chi connectivity index (χ0) is 16.5. The molecular weight excluding hydrogens is 310 g/mol. The highest BCUT2D eigenvalue weighted by Crippen LogP contribution is 2.23. The molecule has 2 saturated heterocycles. The standard InChI is InChI=1S/C15H21N7O2/c1-20-13-11(8-19-20)14(18-10-17-13)21-3-5-22(6-4-21)15(23)12-9-16-2-7-24-12/h8,10,12,16H,2-7,9H2,1H3. The normalized spacial score (nSPS) is 22.1. The lowest BCUT2D eigenvalue weighted by molar-refractivity contribution is -0.145. The van der Waals surface area contributed by atoms with Crippen molar-refractivity contribution in [3.8, 4) is 0 Å². The Morgan fingerprint density at radius 2 is 2.12 bits per heavy atom. The van der Waals surface area contributed by atoms with E-state index in [4.69, 9.17) is 4.74 Å². The van der Waals surface area contributed by atoms with Crippen LogP contribution in [-0.2, 0) is 16.6 Å². The second-order valence-electron chi connectivity index (χ2n) is 6.08. The lowest BCUT2D eigenvalue weighted by Gasteiger charge is -2.37. The first-order chi connectivity index (χ1) is 11.7. The Morgan fingerprint density at radius 3 is 2.88 bits per heavy atom. The molecule has 24 heavy (non-hydrogen) atoms. The number of fused-ring (bicyclic) bond motifs is 1. The van der Waals surface area contributed by atoms with Crippen molar-refractivity contribution in [3.63, 3.8) is 0 Å². The van der Waals surface area contributed by atoms with Gasteiger partial charge in [0.05, 0.1) is 18.2 Å². The maximum absolute atomic E-state index is 12.5. The van der Waals surface area contributed by atoms with Crippen LogP contribution >= 0.6 is 0 Å². The second kappa shape index (κ2) is 6.33. The Morgan fingerprint density at radius 1 is 1.29 bits per heavy atom. The highest BCUT2D eigenvalue weighted by molar-refractivity contribution is 5.87. The minimum atomic E-state index is -0.352. The van der Waals surface area contributed by atoms with Gasteiger partial charge in [0.25, 0.3) is 5.91 Å². The zero-order valence-corrected chi connectivity index (χ0v) is 13.7. The number of amides is 1. The number of carbonyl (C=O) groups excluding carboxylic acids is 1. The van der Waals surface area contributed by atoms with Crippen molar-refractivity contribution in [2.75, 3.05) is 50.8 Å². The molecule has 0 bridgehead atoms. The number of morpholine rings is 1. The summed E-state index contributed by atoms with van der Waals surface area (Å²) in [6.45, 7) is 4.83. The fourth-order valence-corrected chi connectivity index (χ4v) is 3.27. The van der Waals surface area contributed by atoms with Crippen molar-refractivity contribution in [1.29, 1.82) is 0 Å². The Kier molecular flexibility index (Phi) is 4.03. The third-order valence-corrected chi connectivity index (χ3v) is 4.60. The second-order valence-corrected chi connectivity index (χ2v) is 6.08. The smallest absolute Gasteiger partial charge is 0.253 e. The first-order valence-corrected chi connectivity index (χ1v) is 8.23. The van der Waals surface area contributed by atoms with E-state index in [1.54, 1.807) is 17.2 Å². The molecule has 2 aromatic heterocycles. The summed E-state index contributed by atoms with van der Waals surface area (Å²) in [5, 5.41) is 8.40. The molecule has 1 N–H and O–H groups in total. The number of ether oxygens (including phenoxy) is 1. The number of hydrogen-bond donors (Lipinski definition) is 1. The molecule has 1 unspecified atom stereocenters.